The molecule has 12 heavy (non-hydrogen) atoms. The first-order chi connectivity index (χ1) is 5.67. The fourth-order valence-electron chi connectivity index (χ4n) is 1.77. The lowest BCUT2D eigenvalue weighted by Crippen LogP contribution is -2.26. The van der Waals surface area contributed by atoms with Crippen LogP contribution in [-0.2, 0) is 4.74 Å². The van der Waals surface area contributed by atoms with Crippen LogP contribution in [0.3, 0.4) is 0 Å². The fourth-order valence-corrected chi connectivity index (χ4v) is 1.77. The van der Waals surface area contributed by atoms with E-state index < -0.39 is 0 Å². The van der Waals surface area contributed by atoms with Gasteiger partial charge in [0.2, 0.25) is 0 Å². The molecule has 1 unspecified atom stereocenters. The zero-order valence-electron chi connectivity index (χ0n) is 9.31. The molecule has 1 atom stereocenters. The summed E-state index contributed by atoms with van der Waals surface area (Å²) < 4.78 is 5.61. The summed E-state index contributed by atoms with van der Waals surface area (Å²) in [4.78, 5) is 0. The van der Waals surface area contributed by atoms with Crippen LogP contribution in [-0.4, -0.2) is 12.2 Å². The van der Waals surface area contributed by atoms with E-state index in [4.69, 9.17) is 4.74 Å². The molecular weight excluding hydrogens is 148 g/mol. The summed E-state index contributed by atoms with van der Waals surface area (Å²) in [6.07, 6.45) is 3.88. The monoisotopic (exact) mass is 172 g/mol. The molecule has 0 N–H and O–H groups in total. The van der Waals surface area contributed by atoms with Crippen molar-refractivity contribution in [1.29, 1.82) is 0 Å². The minimum atomic E-state index is 0.163. The van der Waals surface area contributed by atoms with E-state index in [2.05, 4.69) is 20.8 Å². The van der Waals surface area contributed by atoms with Gasteiger partial charge in [0.15, 0.2) is 0 Å². The average Bonchev–Trinajstić information content (AvgIpc) is 2.36. The first kappa shape index (κ1) is 12.0. The van der Waals surface area contributed by atoms with Gasteiger partial charge in [-0.25, -0.2) is 0 Å². The Balaban J connectivity index is 0.000000561. The third kappa shape index (κ3) is 3.14. The summed E-state index contributed by atoms with van der Waals surface area (Å²) in [5.74, 6) is 0.803. The van der Waals surface area contributed by atoms with E-state index in [0.29, 0.717) is 0 Å². The second-order valence-electron chi connectivity index (χ2n) is 3.73. The van der Waals surface area contributed by atoms with Gasteiger partial charge >= 0.3 is 0 Å². The summed E-state index contributed by atoms with van der Waals surface area (Å²) in [7, 11) is 0. The number of hydrogen-bond donors (Lipinski definition) is 0. The Hall–Kier alpha value is -0.0400. The van der Waals surface area contributed by atoms with Gasteiger partial charge in [0.05, 0.1) is 5.60 Å². The molecule has 1 fully saturated rings. The summed E-state index contributed by atoms with van der Waals surface area (Å²) >= 11 is 0. The molecule has 1 aliphatic heterocycles. The molecule has 0 spiro atoms. The third-order valence-electron chi connectivity index (χ3n) is 2.56. The molecule has 0 aromatic carbocycles. The van der Waals surface area contributed by atoms with Gasteiger partial charge in [0.25, 0.3) is 0 Å². The van der Waals surface area contributed by atoms with Gasteiger partial charge in [-0.1, -0.05) is 27.2 Å². The molecule has 0 saturated carbocycles. The van der Waals surface area contributed by atoms with E-state index in [1.807, 2.05) is 13.8 Å². The van der Waals surface area contributed by atoms with Crippen LogP contribution in [0.2, 0.25) is 0 Å². The highest BCUT2D eigenvalue weighted by molar-refractivity contribution is 4.83. The standard InChI is InChI=1S/C9H18O.C2H6/c1-4-5-8-6-7-10-9(8,2)3;1-2/h8H,4-7H2,1-3H3;1-2H3. The summed E-state index contributed by atoms with van der Waals surface area (Å²) in [5.41, 5.74) is 0.163. The predicted octanol–water partition coefficient (Wildman–Crippen LogP) is 3.63. The van der Waals surface area contributed by atoms with E-state index in [-0.39, 0.29) is 5.60 Å². The maximum Gasteiger partial charge on any atom is 0.0655 e. The van der Waals surface area contributed by atoms with E-state index in [1.165, 1.54) is 19.3 Å². The highest BCUT2D eigenvalue weighted by Crippen LogP contribution is 2.34. The normalized spacial score (nSPS) is 26.2. The molecular formula is C11H24O. The Morgan fingerprint density at radius 3 is 2.25 bits per heavy atom. The second-order valence-corrected chi connectivity index (χ2v) is 3.73. The van der Waals surface area contributed by atoms with E-state index in [1.54, 1.807) is 0 Å². The van der Waals surface area contributed by atoms with Gasteiger partial charge in [0.1, 0.15) is 0 Å². The lowest BCUT2D eigenvalue weighted by Gasteiger charge is -2.25. The summed E-state index contributed by atoms with van der Waals surface area (Å²) in [6.45, 7) is 11.6. The van der Waals surface area contributed by atoms with E-state index in [0.717, 1.165) is 12.5 Å². The molecule has 1 saturated heterocycles. The van der Waals surface area contributed by atoms with Crippen LogP contribution < -0.4 is 0 Å². The topological polar surface area (TPSA) is 9.23 Å². The van der Waals surface area contributed by atoms with Crippen molar-refractivity contribution in [2.75, 3.05) is 6.61 Å². The van der Waals surface area contributed by atoms with Crippen LogP contribution in [0.1, 0.15) is 53.9 Å². The average molecular weight is 172 g/mol. The Kier molecular flexibility index (Phi) is 5.56. The van der Waals surface area contributed by atoms with Gasteiger partial charge in [-0.2, -0.15) is 0 Å². The number of ether oxygens (including phenoxy) is 1. The zero-order valence-corrected chi connectivity index (χ0v) is 9.31. The van der Waals surface area contributed by atoms with Gasteiger partial charge < -0.3 is 4.74 Å². The van der Waals surface area contributed by atoms with Crippen LogP contribution in [0.25, 0.3) is 0 Å². The van der Waals surface area contributed by atoms with Crippen LogP contribution in [0.15, 0.2) is 0 Å². The first-order valence-electron chi connectivity index (χ1n) is 5.31. The highest BCUT2D eigenvalue weighted by atomic mass is 16.5. The van der Waals surface area contributed by atoms with Crippen LogP contribution in [0.5, 0.6) is 0 Å². The van der Waals surface area contributed by atoms with Gasteiger partial charge in [-0.3, -0.25) is 0 Å². The first-order valence-corrected chi connectivity index (χ1v) is 5.31. The molecule has 0 aromatic heterocycles. The zero-order chi connectivity index (χ0) is 9.61. The fraction of sp³-hybridized carbons (Fsp3) is 1.00. The minimum absolute atomic E-state index is 0.163. The molecule has 1 rings (SSSR count). The molecule has 0 aromatic rings. The Bertz CT molecular complexity index is 108. The maximum atomic E-state index is 5.61. The van der Waals surface area contributed by atoms with Gasteiger partial charge in [-0.05, 0) is 32.6 Å². The van der Waals surface area contributed by atoms with Crippen molar-refractivity contribution >= 4 is 0 Å². The molecule has 74 valence electrons. The van der Waals surface area contributed by atoms with Crippen molar-refractivity contribution < 1.29 is 4.74 Å². The van der Waals surface area contributed by atoms with Crippen LogP contribution in [0.4, 0.5) is 0 Å². The Morgan fingerprint density at radius 1 is 1.33 bits per heavy atom. The molecule has 1 nitrogen and oxygen atoms in total. The van der Waals surface area contributed by atoms with Crippen molar-refractivity contribution in [3.63, 3.8) is 0 Å². The predicted molar refractivity (Wildman–Crippen MR) is 54.4 cm³/mol. The summed E-state index contributed by atoms with van der Waals surface area (Å²) in [5, 5.41) is 0. The molecule has 0 amide bonds. The maximum absolute atomic E-state index is 5.61. The third-order valence-corrected chi connectivity index (χ3v) is 2.56. The van der Waals surface area contributed by atoms with Gasteiger partial charge in [-0.15, -0.1) is 0 Å². The van der Waals surface area contributed by atoms with Crippen molar-refractivity contribution in [1.82, 2.24) is 0 Å². The number of rotatable bonds is 2. The molecule has 1 aliphatic rings. The Labute approximate surface area is 77.5 Å². The lowest BCUT2D eigenvalue weighted by molar-refractivity contribution is 0.00910. The number of hydrogen-bond acceptors (Lipinski definition) is 1. The van der Waals surface area contributed by atoms with Crippen molar-refractivity contribution in [3.8, 4) is 0 Å². The lowest BCUT2D eigenvalue weighted by atomic mass is 9.87. The van der Waals surface area contributed by atoms with E-state index >= 15 is 0 Å². The Morgan fingerprint density at radius 2 is 1.92 bits per heavy atom. The highest BCUT2D eigenvalue weighted by Gasteiger charge is 2.34. The molecule has 0 aliphatic carbocycles. The van der Waals surface area contributed by atoms with Crippen LogP contribution >= 0.6 is 0 Å². The van der Waals surface area contributed by atoms with Crippen molar-refractivity contribution in [2.45, 2.75) is 59.5 Å². The van der Waals surface area contributed by atoms with Gasteiger partial charge in [0, 0.05) is 6.61 Å². The molecule has 0 radical (unpaired) electrons. The molecule has 1 heterocycles. The summed E-state index contributed by atoms with van der Waals surface area (Å²) in [6, 6.07) is 0. The SMILES string of the molecule is CC.CCCC1CCOC1(C)C. The molecule has 1 heteroatoms. The largest absolute Gasteiger partial charge is 0.375 e. The smallest absolute Gasteiger partial charge is 0.0655 e. The van der Waals surface area contributed by atoms with E-state index in [9.17, 15) is 0 Å². The van der Waals surface area contributed by atoms with Crippen molar-refractivity contribution in [3.05, 3.63) is 0 Å². The second kappa shape index (κ2) is 5.58. The van der Waals surface area contributed by atoms with Crippen molar-refractivity contribution in [2.24, 2.45) is 5.92 Å². The van der Waals surface area contributed by atoms with Crippen LogP contribution in [0, 0.1) is 5.92 Å². The molecule has 0 bridgehead atoms. The quantitative estimate of drug-likeness (QED) is 0.618. The minimum Gasteiger partial charge on any atom is -0.375 e.